The molecule has 2 unspecified atom stereocenters. The number of aryl methyl sites for hydroxylation is 2. The van der Waals surface area contributed by atoms with E-state index in [4.69, 9.17) is 0 Å². The third-order valence-corrected chi connectivity index (χ3v) is 4.57. The van der Waals surface area contributed by atoms with Crippen LogP contribution in [0.4, 0.5) is 18.9 Å². The highest BCUT2D eigenvalue weighted by molar-refractivity contribution is 5.95. The number of rotatable bonds is 3. The summed E-state index contributed by atoms with van der Waals surface area (Å²) in [5.41, 5.74) is 3.12. The number of hydrogen-bond acceptors (Lipinski definition) is 1. The first-order valence-corrected chi connectivity index (χ1v) is 7.81. The van der Waals surface area contributed by atoms with Crippen LogP contribution in [-0.2, 0) is 11.0 Å². The molecular weight excluding hydrogens is 315 g/mol. The zero-order chi connectivity index (χ0) is 17.5. The molecule has 24 heavy (non-hydrogen) atoms. The number of benzene rings is 2. The lowest BCUT2D eigenvalue weighted by atomic mass is 10.1. The number of amides is 1. The summed E-state index contributed by atoms with van der Waals surface area (Å²) < 4.78 is 37.7. The Hall–Kier alpha value is -2.30. The molecule has 1 fully saturated rings. The quantitative estimate of drug-likeness (QED) is 0.835. The van der Waals surface area contributed by atoms with Crippen LogP contribution in [0.25, 0.3) is 0 Å². The zero-order valence-electron chi connectivity index (χ0n) is 13.4. The van der Waals surface area contributed by atoms with E-state index in [2.05, 4.69) is 5.32 Å². The van der Waals surface area contributed by atoms with Crippen molar-refractivity contribution in [2.24, 2.45) is 5.92 Å². The molecule has 3 rings (SSSR count). The van der Waals surface area contributed by atoms with E-state index in [1.54, 1.807) is 0 Å². The van der Waals surface area contributed by atoms with E-state index in [1.807, 2.05) is 32.0 Å². The van der Waals surface area contributed by atoms with Crippen LogP contribution in [0.15, 0.2) is 42.5 Å². The van der Waals surface area contributed by atoms with Gasteiger partial charge in [0.05, 0.1) is 5.56 Å². The maximum Gasteiger partial charge on any atom is 0.416 e. The molecule has 2 aromatic rings. The van der Waals surface area contributed by atoms with Crippen LogP contribution in [0.5, 0.6) is 0 Å². The van der Waals surface area contributed by atoms with Crippen molar-refractivity contribution < 1.29 is 18.0 Å². The molecule has 1 aliphatic carbocycles. The number of carbonyl (C=O) groups excluding carboxylic acids is 1. The smallest absolute Gasteiger partial charge is 0.326 e. The van der Waals surface area contributed by atoms with Crippen molar-refractivity contribution in [1.29, 1.82) is 0 Å². The molecule has 0 bridgehead atoms. The highest BCUT2D eigenvalue weighted by atomic mass is 19.4. The second kappa shape index (κ2) is 5.96. The Morgan fingerprint density at radius 2 is 1.71 bits per heavy atom. The van der Waals surface area contributed by atoms with Gasteiger partial charge in [-0.05, 0) is 67.1 Å². The minimum Gasteiger partial charge on any atom is -0.326 e. The van der Waals surface area contributed by atoms with Crippen LogP contribution >= 0.6 is 0 Å². The van der Waals surface area contributed by atoms with Gasteiger partial charge in [-0.15, -0.1) is 0 Å². The fourth-order valence-corrected chi connectivity index (χ4v) is 2.83. The summed E-state index contributed by atoms with van der Waals surface area (Å²) in [4.78, 5) is 12.3. The van der Waals surface area contributed by atoms with Crippen molar-refractivity contribution in [3.8, 4) is 0 Å². The summed E-state index contributed by atoms with van der Waals surface area (Å²) in [5.74, 6) is -0.259. The molecule has 1 amide bonds. The molecule has 0 spiro atoms. The largest absolute Gasteiger partial charge is 0.416 e. The predicted octanol–water partition coefficient (Wildman–Crippen LogP) is 5.06. The molecule has 2 atom stereocenters. The van der Waals surface area contributed by atoms with E-state index in [9.17, 15) is 18.0 Å². The monoisotopic (exact) mass is 333 g/mol. The lowest BCUT2D eigenvalue weighted by Gasteiger charge is -2.09. The van der Waals surface area contributed by atoms with Gasteiger partial charge in [-0.25, -0.2) is 0 Å². The fraction of sp³-hybridized carbons (Fsp3) is 0.316. The SMILES string of the molecule is Cc1ccc(NC(=O)C2CC2c2ccc(C(F)(F)F)cc2)cc1C. The second-order valence-corrected chi connectivity index (χ2v) is 6.36. The Morgan fingerprint density at radius 1 is 1.04 bits per heavy atom. The number of hydrogen-bond donors (Lipinski definition) is 1. The van der Waals surface area contributed by atoms with Crippen LogP contribution < -0.4 is 5.32 Å². The van der Waals surface area contributed by atoms with Crippen molar-refractivity contribution in [3.63, 3.8) is 0 Å². The van der Waals surface area contributed by atoms with Gasteiger partial charge in [0, 0.05) is 11.6 Å². The van der Waals surface area contributed by atoms with Gasteiger partial charge in [0.25, 0.3) is 0 Å². The van der Waals surface area contributed by atoms with Crippen molar-refractivity contribution in [2.45, 2.75) is 32.4 Å². The van der Waals surface area contributed by atoms with Gasteiger partial charge in [-0.2, -0.15) is 13.2 Å². The zero-order valence-corrected chi connectivity index (χ0v) is 13.4. The molecule has 1 aliphatic rings. The van der Waals surface area contributed by atoms with Crippen molar-refractivity contribution in [2.75, 3.05) is 5.32 Å². The molecule has 0 aliphatic heterocycles. The maximum absolute atomic E-state index is 12.6. The van der Waals surface area contributed by atoms with Crippen molar-refractivity contribution in [1.82, 2.24) is 0 Å². The Morgan fingerprint density at radius 3 is 2.29 bits per heavy atom. The van der Waals surface area contributed by atoms with Gasteiger partial charge in [0.15, 0.2) is 0 Å². The van der Waals surface area contributed by atoms with Gasteiger partial charge in [-0.1, -0.05) is 18.2 Å². The summed E-state index contributed by atoms with van der Waals surface area (Å²) >= 11 is 0. The third kappa shape index (κ3) is 3.45. The highest BCUT2D eigenvalue weighted by Crippen LogP contribution is 2.48. The van der Waals surface area contributed by atoms with Crippen LogP contribution in [-0.4, -0.2) is 5.91 Å². The normalized spacial score (nSPS) is 19.9. The first kappa shape index (κ1) is 16.6. The number of anilines is 1. The van der Waals surface area contributed by atoms with E-state index in [-0.39, 0.29) is 17.7 Å². The summed E-state index contributed by atoms with van der Waals surface area (Å²) in [7, 11) is 0. The van der Waals surface area contributed by atoms with Crippen LogP contribution in [0.1, 0.15) is 34.6 Å². The molecule has 0 saturated heterocycles. The molecular formula is C19H18F3NO. The topological polar surface area (TPSA) is 29.1 Å². The van der Waals surface area contributed by atoms with Gasteiger partial charge in [0.2, 0.25) is 5.91 Å². The number of nitrogens with one attached hydrogen (secondary N) is 1. The Balaban J connectivity index is 1.64. The van der Waals surface area contributed by atoms with Gasteiger partial charge >= 0.3 is 6.18 Å². The summed E-state index contributed by atoms with van der Waals surface area (Å²) in [5, 5.41) is 2.89. The van der Waals surface area contributed by atoms with Gasteiger partial charge < -0.3 is 5.32 Å². The molecule has 126 valence electrons. The van der Waals surface area contributed by atoms with E-state index >= 15 is 0 Å². The maximum atomic E-state index is 12.6. The van der Waals surface area contributed by atoms with E-state index in [1.165, 1.54) is 12.1 Å². The van der Waals surface area contributed by atoms with E-state index in [0.717, 1.165) is 34.5 Å². The van der Waals surface area contributed by atoms with Crippen molar-refractivity contribution >= 4 is 11.6 Å². The molecule has 5 heteroatoms. The number of halogens is 3. The van der Waals surface area contributed by atoms with Gasteiger partial charge in [0.1, 0.15) is 0 Å². The van der Waals surface area contributed by atoms with Crippen LogP contribution in [0.3, 0.4) is 0 Å². The van der Waals surface area contributed by atoms with Crippen LogP contribution in [0.2, 0.25) is 0 Å². The summed E-state index contributed by atoms with van der Waals surface area (Å²) in [6.45, 7) is 3.98. The Labute approximate surface area is 138 Å². The van der Waals surface area contributed by atoms with E-state index in [0.29, 0.717) is 6.42 Å². The second-order valence-electron chi connectivity index (χ2n) is 6.36. The third-order valence-electron chi connectivity index (χ3n) is 4.57. The first-order valence-electron chi connectivity index (χ1n) is 7.81. The number of alkyl halides is 3. The Bertz CT molecular complexity index is 765. The Kier molecular flexibility index (Phi) is 4.11. The van der Waals surface area contributed by atoms with E-state index < -0.39 is 11.7 Å². The number of carbonyl (C=O) groups is 1. The minimum atomic E-state index is -4.33. The molecule has 1 saturated carbocycles. The average Bonchev–Trinajstić information content (AvgIpc) is 3.31. The standard InChI is InChI=1S/C19H18F3NO/c1-11-3-8-15(9-12(11)2)23-18(24)17-10-16(17)13-4-6-14(7-5-13)19(20,21)22/h3-9,16-17H,10H2,1-2H3,(H,23,24). The molecule has 0 heterocycles. The average molecular weight is 333 g/mol. The highest BCUT2D eigenvalue weighted by Gasteiger charge is 2.44. The minimum absolute atomic E-state index is 0.00108. The fourth-order valence-electron chi connectivity index (χ4n) is 2.83. The lowest BCUT2D eigenvalue weighted by molar-refractivity contribution is -0.137. The summed E-state index contributed by atoms with van der Waals surface area (Å²) in [6, 6.07) is 10.8. The molecule has 2 nitrogen and oxygen atoms in total. The van der Waals surface area contributed by atoms with Crippen LogP contribution in [0, 0.1) is 19.8 Å². The van der Waals surface area contributed by atoms with Gasteiger partial charge in [-0.3, -0.25) is 4.79 Å². The molecule has 2 aromatic carbocycles. The van der Waals surface area contributed by atoms with Crippen molar-refractivity contribution in [3.05, 3.63) is 64.7 Å². The lowest BCUT2D eigenvalue weighted by Crippen LogP contribution is -2.14. The predicted molar refractivity (Wildman–Crippen MR) is 86.8 cm³/mol. The summed E-state index contributed by atoms with van der Waals surface area (Å²) in [6.07, 6.45) is -3.66. The molecule has 1 N–H and O–H groups in total. The first-order chi connectivity index (χ1) is 11.3. The molecule has 0 radical (unpaired) electrons. The molecule has 0 aromatic heterocycles.